The quantitative estimate of drug-likeness (QED) is 0.536. The summed E-state index contributed by atoms with van der Waals surface area (Å²) in [7, 11) is 0. The summed E-state index contributed by atoms with van der Waals surface area (Å²) in [6.07, 6.45) is 0. The van der Waals surface area contributed by atoms with Gasteiger partial charge in [-0.3, -0.25) is 9.36 Å². The zero-order chi connectivity index (χ0) is 20.7. The first-order chi connectivity index (χ1) is 13.8. The number of carbonyl (C=O) groups is 1. The van der Waals surface area contributed by atoms with E-state index in [-0.39, 0.29) is 24.5 Å². The summed E-state index contributed by atoms with van der Waals surface area (Å²) >= 11 is 6.02. The number of rotatable bonds is 5. The number of amides is 1. The highest BCUT2D eigenvalue weighted by atomic mass is 35.5. The zero-order valence-electron chi connectivity index (χ0n) is 16.3. The molecule has 0 bridgehead atoms. The lowest BCUT2D eigenvalue weighted by atomic mass is 10.2. The summed E-state index contributed by atoms with van der Waals surface area (Å²) < 4.78 is 8.57. The van der Waals surface area contributed by atoms with E-state index in [4.69, 9.17) is 21.0 Å². The van der Waals surface area contributed by atoms with E-state index in [0.717, 1.165) is 16.9 Å². The number of fused-ring (bicyclic) bond motifs is 2. The molecule has 29 heavy (non-hydrogen) atoms. The van der Waals surface area contributed by atoms with Gasteiger partial charge in [0.25, 0.3) is 0 Å². The number of nitrogens with one attached hydrogen (secondary N) is 1. The van der Waals surface area contributed by atoms with Gasteiger partial charge in [0.05, 0.1) is 22.6 Å². The van der Waals surface area contributed by atoms with Gasteiger partial charge in [0, 0.05) is 11.1 Å². The first-order valence-electron chi connectivity index (χ1n) is 9.40. The molecular formula is C21H21ClN4O3. The number of hydrogen-bond acceptors (Lipinski definition) is 4. The van der Waals surface area contributed by atoms with Gasteiger partial charge < -0.3 is 14.3 Å². The van der Waals surface area contributed by atoms with E-state index in [2.05, 4.69) is 23.7 Å². The summed E-state index contributed by atoms with van der Waals surface area (Å²) in [5.74, 6) is -0.147. The van der Waals surface area contributed by atoms with Crippen molar-refractivity contribution in [2.75, 3.05) is 0 Å². The van der Waals surface area contributed by atoms with Crippen molar-refractivity contribution in [2.45, 2.75) is 39.4 Å². The molecule has 150 valence electrons. The molecule has 8 heteroatoms. The first-order valence-corrected chi connectivity index (χ1v) is 9.78. The van der Waals surface area contributed by atoms with Gasteiger partial charge in [-0.25, -0.2) is 9.78 Å². The van der Waals surface area contributed by atoms with Gasteiger partial charge in [0.1, 0.15) is 12.4 Å². The van der Waals surface area contributed by atoms with Crippen molar-refractivity contribution in [3.63, 3.8) is 0 Å². The number of para-hydroxylation sites is 2. The molecule has 0 saturated heterocycles. The van der Waals surface area contributed by atoms with Crippen LogP contribution in [0.25, 0.3) is 22.1 Å². The van der Waals surface area contributed by atoms with E-state index in [9.17, 15) is 9.59 Å². The smallest absolute Gasteiger partial charge is 0.408 e. The predicted octanol–water partition coefficient (Wildman–Crippen LogP) is 4.06. The molecule has 0 fully saturated rings. The van der Waals surface area contributed by atoms with Crippen molar-refractivity contribution in [1.29, 1.82) is 0 Å². The largest absolute Gasteiger partial charge is 0.420 e. The number of carbonyl (C=O) groups excluding carboxylic acids is 1. The van der Waals surface area contributed by atoms with Crippen LogP contribution in [-0.4, -0.2) is 20.0 Å². The van der Waals surface area contributed by atoms with Crippen LogP contribution in [0.3, 0.4) is 0 Å². The van der Waals surface area contributed by atoms with Crippen LogP contribution in [0.1, 0.15) is 38.7 Å². The Hall–Kier alpha value is -3.06. The Morgan fingerprint density at radius 3 is 2.69 bits per heavy atom. The van der Waals surface area contributed by atoms with Gasteiger partial charge in [-0.15, -0.1) is 0 Å². The van der Waals surface area contributed by atoms with Crippen LogP contribution in [0.5, 0.6) is 0 Å². The molecular weight excluding hydrogens is 392 g/mol. The Morgan fingerprint density at radius 1 is 1.17 bits per heavy atom. The van der Waals surface area contributed by atoms with Crippen molar-refractivity contribution in [2.24, 2.45) is 0 Å². The van der Waals surface area contributed by atoms with Crippen LogP contribution in [-0.2, 0) is 11.3 Å². The lowest BCUT2D eigenvalue weighted by Crippen LogP contribution is -2.33. The molecule has 7 nitrogen and oxygen atoms in total. The molecule has 4 aromatic rings. The fraction of sp³-hybridized carbons (Fsp3) is 0.286. The van der Waals surface area contributed by atoms with E-state index in [1.54, 1.807) is 18.2 Å². The van der Waals surface area contributed by atoms with Gasteiger partial charge >= 0.3 is 5.76 Å². The third-order valence-corrected chi connectivity index (χ3v) is 5.07. The van der Waals surface area contributed by atoms with Gasteiger partial charge in [0.15, 0.2) is 5.58 Å². The van der Waals surface area contributed by atoms with E-state index >= 15 is 0 Å². The maximum absolute atomic E-state index is 12.7. The summed E-state index contributed by atoms with van der Waals surface area (Å²) in [6.45, 7) is 5.86. The predicted molar refractivity (Wildman–Crippen MR) is 112 cm³/mol. The zero-order valence-corrected chi connectivity index (χ0v) is 17.1. The van der Waals surface area contributed by atoms with Crippen LogP contribution in [0, 0.1) is 0 Å². The second-order valence-electron chi connectivity index (χ2n) is 7.28. The van der Waals surface area contributed by atoms with Gasteiger partial charge in [0.2, 0.25) is 5.91 Å². The molecule has 0 radical (unpaired) electrons. The molecule has 0 saturated carbocycles. The Kier molecular flexibility index (Phi) is 4.92. The number of imidazole rings is 1. The molecule has 0 unspecified atom stereocenters. The van der Waals surface area contributed by atoms with Crippen molar-refractivity contribution >= 4 is 39.6 Å². The number of nitrogens with zero attached hydrogens (tertiary/aromatic N) is 3. The minimum Gasteiger partial charge on any atom is -0.408 e. The Labute approximate surface area is 171 Å². The number of halogens is 1. The summed E-state index contributed by atoms with van der Waals surface area (Å²) in [5.41, 5.74) is 2.77. The van der Waals surface area contributed by atoms with Crippen molar-refractivity contribution in [3.05, 3.63) is 63.9 Å². The molecule has 0 aliphatic rings. The molecule has 1 atom stereocenters. The van der Waals surface area contributed by atoms with Gasteiger partial charge in [-0.2, -0.15) is 0 Å². The van der Waals surface area contributed by atoms with E-state index in [1.165, 1.54) is 4.57 Å². The molecule has 0 aliphatic heterocycles. The number of hydrogen-bond donors (Lipinski definition) is 1. The Bertz CT molecular complexity index is 1270. The summed E-state index contributed by atoms with van der Waals surface area (Å²) in [5, 5.41) is 3.40. The van der Waals surface area contributed by atoms with E-state index in [1.807, 2.05) is 31.2 Å². The minimum atomic E-state index is -0.598. The van der Waals surface area contributed by atoms with Crippen LogP contribution in [0.2, 0.25) is 5.02 Å². The molecule has 2 aromatic carbocycles. The van der Waals surface area contributed by atoms with Crippen LogP contribution < -0.4 is 11.1 Å². The highest BCUT2D eigenvalue weighted by Crippen LogP contribution is 2.25. The highest BCUT2D eigenvalue weighted by molar-refractivity contribution is 6.31. The van der Waals surface area contributed by atoms with Crippen LogP contribution in [0.4, 0.5) is 0 Å². The number of benzene rings is 2. The topological polar surface area (TPSA) is 82.1 Å². The number of oxazole rings is 1. The molecule has 2 aromatic heterocycles. The molecule has 0 spiro atoms. The van der Waals surface area contributed by atoms with Gasteiger partial charge in [-0.05, 0) is 51.1 Å². The maximum atomic E-state index is 12.7. The monoisotopic (exact) mass is 412 g/mol. The van der Waals surface area contributed by atoms with E-state index in [0.29, 0.717) is 16.1 Å². The fourth-order valence-electron chi connectivity index (χ4n) is 3.59. The van der Waals surface area contributed by atoms with E-state index < -0.39 is 5.76 Å². The summed E-state index contributed by atoms with van der Waals surface area (Å²) in [6, 6.07) is 12.6. The summed E-state index contributed by atoms with van der Waals surface area (Å²) in [4.78, 5) is 29.6. The second kappa shape index (κ2) is 7.40. The molecule has 2 heterocycles. The van der Waals surface area contributed by atoms with Gasteiger partial charge in [-0.1, -0.05) is 23.7 Å². The standard InChI is InChI=1S/C21H21ClN4O3/c1-12(2)26-16-7-5-4-6-15(16)24-20(26)13(3)23-19(27)11-25-17-10-14(22)8-9-18(17)29-21(25)28/h4-10,12-13H,11H2,1-3H3,(H,23,27)/t13-/m0/s1. The van der Waals surface area contributed by atoms with Crippen molar-refractivity contribution < 1.29 is 9.21 Å². The highest BCUT2D eigenvalue weighted by Gasteiger charge is 2.21. The van der Waals surface area contributed by atoms with Crippen molar-refractivity contribution in [1.82, 2.24) is 19.4 Å². The average Bonchev–Trinajstić information content (AvgIpc) is 3.20. The molecule has 1 N–H and O–H groups in total. The fourth-order valence-corrected chi connectivity index (χ4v) is 3.76. The maximum Gasteiger partial charge on any atom is 0.420 e. The number of aromatic nitrogens is 3. The lowest BCUT2D eigenvalue weighted by Gasteiger charge is -2.19. The normalized spacial score (nSPS) is 12.7. The molecule has 4 rings (SSSR count). The minimum absolute atomic E-state index is 0.168. The van der Waals surface area contributed by atoms with Crippen molar-refractivity contribution in [3.8, 4) is 0 Å². The lowest BCUT2D eigenvalue weighted by molar-refractivity contribution is -0.122. The Morgan fingerprint density at radius 2 is 1.93 bits per heavy atom. The third kappa shape index (κ3) is 3.53. The third-order valence-electron chi connectivity index (χ3n) is 4.84. The molecule has 0 aliphatic carbocycles. The second-order valence-corrected chi connectivity index (χ2v) is 7.71. The Balaban J connectivity index is 1.61. The molecule has 1 amide bonds. The first kappa shape index (κ1) is 19.3. The average molecular weight is 413 g/mol. The van der Waals surface area contributed by atoms with Crippen LogP contribution in [0.15, 0.2) is 51.7 Å². The SMILES string of the molecule is CC(C)n1c([C@H](C)NC(=O)Cn2c(=O)oc3ccc(Cl)cc32)nc2ccccc21. The van der Waals surface area contributed by atoms with Crippen LogP contribution >= 0.6 is 11.6 Å².